The highest BCUT2D eigenvalue weighted by atomic mass is 15.3. The van der Waals surface area contributed by atoms with Crippen molar-refractivity contribution in [2.45, 2.75) is 13.0 Å². The maximum Gasteiger partial charge on any atom is 0.0964 e. The van der Waals surface area contributed by atoms with Crippen molar-refractivity contribution in [1.82, 2.24) is 25.6 Å². The molecule has 1 aliphatic rings. The maximum atomic E-state index is 4.36. The first-order valence-electron chi connectivity index (χ1n) is 4.66. The van der Waals surface area contributed by atoms with Gasteiger partial charge in [0.05, 0.1) is 5.69 Å². The van der Waals surface area contributed by atoms with Gasteiger partial charge in [-0.25, -0.2) is 5.32 Å². The Hall–Kier alpha value is -0.940. The van der Waals surface area contributed by atoms with Crippen molar-refractivity contribution in [3.63, 3.8) is 0 Å². The molecule has 1 aromatic heterocycles. The fraction of sp³-hybridized carbons (Fsp3) is 0.750. The molecule has 0 bridgehead atoms. The first kappa shape index (κ1) is 8.65. The van der Waals surface area contributed by atoms with E-state index in [1.807, 2.05) is 6.20 Å². The Morgan fingerprint density at radius 3 is 3.23 bits per heavy atom. The minimum Gasteiger partial charge on any atom is -0.296 e. The van der Waals surface area contributed by atoms with Gasteiger partial charge in [0.15, 0.2) is 0 Å². The minimum absolute atomic E-state index is 0.895. The third-order valence-corrected chi connectivity index (χ3v) is 2.22. The highest BCUT2D eigenvalue weighted by molar-refractivity contribution is 4.90. The van der Waals surface area contributed by atoms with Crippen molar-refractivity contribution in [2.24, 2.45) is 0 Å². The van der Waals surface area contributed by atoms with Crippen molar-refractivity contribution >= 4 is 0 Å². The first-order chi connectivity index (χ1) is 6.45. The van der Waals surface area contributed by atoms with Crippen LogP contribution < -0.4 is 5.32 Å². The molecule has 2 heterocycles. The van der Waals surface area contributed by atoms with Gasteiger partial charge in [0.1, 0.15) is 0 Å². The molecule has 0 amide bonds. The summed E-state index contributed by atoms with van der Waals surface area (Å²) in [6, 6.07) is 0. The summed E-state index contributed by atoms with van der Waals surface area (Å²) in [5, 5.41) is 14.7. The molecule has 1 aromatic rings. The zero-order chi connectivity index (χ0) is 8.93. The molecule has 0 atom stereocenters. The summed E-state index contributed by atoms with van der Waals surface area (Å²) in [5.74, 6) is 0. The lowest BCUT2D eigenvalue weighted by molar-refractivity contribution is 0.281. The van der Waals surface area contributed by atoms with Crippen LogP contribution in [0.25, 0.3) is 0 Å². The molecular weight excluding hydrogens is 166 g/mol. The number of aromatic amines is 1. The van der Waals surface area contributed by atoms with Gasteiger partial charge in [0.2, 0.25) is 0 Å². The largest absolute Gasteiger partial charge is 0.296 e. The van der Waals surface area contributed by atoms with Crippen molar-refractivity contribution in [1.29, 1.82) is 0 Å². The van der Waals surface area contributed by atoms with Crippen LogP contribution in [-0.4, -0.2) is 46.5 Å². The van der Waals surface area contributed by atoms with Crippen LogP contribution in [0.2, 0.25) is 0 Å². The molecule has 1 fully saturated rings. The monoisotopic (exact) mass is 180 g/mol. The van der Waals surface area contributed by atoms with Crippen LogP contribution in [0.5, 0.6) is 0 Å². The minimum atomic E-state index is 0.895. The van der Waals surface area contributed by atoms with E-state index in [4.69, 9.17) is 0 Å². The molecule has 0 saturated carbocycles. The molecule has 0 aliphatic carbocycles. The number of hydrogen-bond donors (Lipinski definition) is 1. The standard InChI is InChI=1S/C8H14N5/c1-2-9-3-5-13(4-1)7-8-6-10-12-11-8/h6H,1-5,7H2,(H,10,11,12). The Balaban J connectivity index is 1.86. The Bertz CT molecular complexity index is 225. The molecule has 0 unspecified atom stereocenters. The number of aromatic nitrogens is 3. The predicted octanol–water partition coefficient (Wildman–Crippen LogP) is -0.385. The Morgan fingerprint density at radius 2 is 2.38 bits per heavy atom. The lowest BCUT2D eigenvalue weighted by Gasteiger charge is -2.16. The summed E-state index contributed by atoms with van der Waals surface area (Å²) in [7, 11) is 0. The molecule has 5 heteroatoms. The number of hydrogen-bond acceptors (Lipinski definition) is 3. The Labute approximate surface area is 77.5 Å². The fourth-order valence-electron chi connectivity index (χ4n) is 1.53. The molecule has 13 heavy (non-hydrogen) atoms. The molecule has 1 saturated heterocycles. The van der Waals surface area contributed by atoms with E-state index in [1.54, 1.807) is 0 Å². The van der Waals surface area contributed by atoms with E-state index in [9.17, 15) is 0 Å². The number of rotatable bonds is 2. The van der Waals surface area contributed by atoms with Gasteiger partial charge in [-0.05, 0) is 13.0 Å². The van der Waals surface area contributed by atoms with Gasteiger partial charge >= 0.3 is 0 Å². The van der Waals surface area contributed by atoms with E-state index >= 15 is 0 Å². The fourth-order valence-corrected chi connectivity index (χ4v) is 1.53. The van der Waals surface area contributed by atoms with Crippen LogP contribution in [0.4, 0.5) is 0 Å². The van der Waals surface area contributed by atoms with Crippen LogP contribution in [0.1, 0.15) is 12.1 Å². The van der Waals surface area contributed by atoms with Crippen molar-refractivity contribution in [3.05, 3.63) is 11.9 Å². The van der Waals surface area contributed by atoms with Crippen LogP contribution >= 0.6 is 0 Å². The average Bonchev–Trinajstić information content (AvgIpc) is 2.49. The lowest BCUT2D eigenvalue weighted by Crippen LogP contribution is -2.26. The van der Waals surface area contributed by atoms with Crippen LogP contribution in [0.15, 0.2) is 6.20 Å². The summed E-state index contributed by atoms with van der Waals surface area (Å²) < 4.78 is 0. The maximum absolute atomic E-state index is 4.36. The smallest absolute Gasteiger partial charge is 0.0964 e. The first-order valence-corrected chi connectivity index (χ1v) is 4.66. The summed E-state index contributed by atoms with van der Waals surface area (Å²) in [6.07, 6.45) is 3.01. The van der Waals surface area contributed by atoms with Crippen molar-refractivity contribution < 1.29 is 0 Å². The third kappa shape index (κ3) is 2.50. The van der Waals surface area contributed by atoms with E-state index in [2.05, 4.69) is 25.6 Å². The second kappa shape index (κ2) is 4.34. The van der Waals surface area contributed by atoms with Gasteiger partial charge in [-0.1, -0.05) is 5.21 Å². The molecule has 2 rings (SSSR count). The summed E-state index contributed by atoms with van der Waals surface area (Å²) >= 11 is 0. The van der Waals surface area contributed by atoms with E-state index in [-0.39, 0.29) is 0 Å². The van der Waals surface area contributed by atoms with E-state index in [1.165, 1.54) is 0 Å². The Kier molecular flexibility index (Phi) is 2.89. The Morgan fingerprint density at radius 1 is 1.38 bits per heavy atom. The van der Waals surface area contributed by atoms with Gasteiger partial charge in [0.25, 0.3) is 0 Å². The summed E-state index contributed by atoms with van der Waals surface area (Å²) in [4.78, 5) is 2.37. The summed E-state index contributed by atoms with van der Waals surface area (Å²) in [5.41, 5.74) is 1.02. The molecule has 71 valence electrons. The van der Waals surface area contributed by atoms with Crippen LogP contribution in [0, 0.1) is 0 Å². The molecule has 1 radical (unpaired) electrons. The van der Waals surface area contributed by atoms with E-state index in [0.717, 1.165) is 44.8 Å². The average molecular weight is 180 g/mol. The molecular formula is C8H14N5. The van der Waals surface area contributed by atoms with E-state index < -0.39 is 0 Å². The van der Waals surface area contributed by atoms with Gasteiger partial charge in [-0.15, -0.1) is 5.10 Å². The molecule has 1 aliphatic heterocycles. The number of nitrogens with zero attached hydrogens (tertiary/aromatic N) is 4. The quantitative estimate of drug-likeness (QED) is 0.674. The van der Waals surface area contributed by atoms with Gasteiger partial charge in [-0.2, -0.15) is 0 Å². The highest BCUT2D eigenvalue weighted by Crippen LogP contribution is 2.01. The van der Waals surface area contributed by atoms with Crippen LogP contribution in [0.3, 0.4) is 0 Å². The molecule has 0 aromatic carbocycles. The number of H-pyrrole nitrogens is 1. The molecule has 0 spiro atoms. The van der Waals surface area contributed by atoms with Crippen LogP contribution in [-0.2, 0) is 6.54 Å². The normalized spacial score (nSPS) is 20.0. The molecule has 1 N–H and O–H groups in total. The second-order valence-electron chi connectivity index (χ2n) is 3.27. The number of nitrogens with one attached hydrogen (secondary N) is 1. The zero-order valence-corrected chi connectivity index (χ0v) is 7.61. The third-order valence-electron chi connectivity index (χ3n) is 2.22. The predicted molar refractivity (Wildman–Crippen MR) is 48.1 cm³/mol. The van der Waals surface area contributed by atoms with Gasteiger partial charge < -0.3 is 0 Å². The lowest BCUT2D eigenvalue weighted by atomic mass is 10.3. The topological polar surface area (TPSA) is 58.9 Å². The van der Waals surface area contributed by atoms with Crippen molar-refractivity contribution in [2.75, 3.05) is 26.2 Å². The van der Waals surface area contributed by atoms with Gasteiger partial charge in [0, 0.05) is 32.4 Å². The van der Waals surface area contributed by atoms with Crippen molar-refractivity contribution in [3.8, 4) is 0 Å². The van der Waals surface area contributed by atoms with E-state index in [0.29, 0.717) is 0 Å². The SMILES string of the molecule is c1[nH]nnc1CN1CCC[N]CC1. The van der Waals surface area contributed by atoms with Gasteiger partial charge in [-0.3, -0.25) is 10.00 Å². The highest BCUT2D eigenvalue weighted by Gasteiger charge is 2.10. The summed E-state index contributed by atoms with van der Waals surface area (Å²) in [6.45, 7) is 5.03. The molecule has 5 nitrogen and oxygen atoms in total. The second-order valence-corrected chi connectivity index (χ2v) is 3.27. The zero-order valence-electron chi connectivity index (χ0n) is 7.61.